The Bertz CT molecular complexity index is 1300. The predicted molar refractivity (Wildman–Crippen MR) is 122 cm³/mol. The molecule has 1 aliphatic heterocycles. The monoisotopic (exact) mass is 526 g/mol. The molecule has 0 radical (unpaired) electrons. The topological polar surface area (TPSA) is 109 Å². The van der Waals surface area contributed by atoms with Crippen LogP contribution in [-0.4, -0.2) is 34.1 Å². The number of carbonyl (C=O) groups excluding carboxylic acids is 2. The molecule has 2 N–H and O–H groups in total. The summed E-state index contributed by atoms with van der Waals surface area (Å²) >= 11 is 6.98. The number of halogens is 4. The molecule has 0 saturated carbocycles. The van der Waals surface area contributed by atoms with E-state index in [1.54, 1.807) is 19.2 Å². The van der Waals surface area contributed by atoms with E-state index in [1.807, 2.05) is 0 Å². The van der Waals surface area contributed by atoms with E-state index in [2.05, 4.69) is 20.0 Å². The number of rotatable bonds is 5. The van der Waals surface area contributed by atoms with Crippen molar-refractivity contribution < 1.29 is 32.6 Å². The first-order valence-electron chi connectivity index (χ1n) is 10.3. The average Bonchev–Trinajstić information content (AvgIpc) is 3.23. The highest BCUT2D eigenvalue weighted by molar-refractivity contribution is 7.14. The molecule has 0 bridgehead atoms. The first-order valence-corrected chi connectivity index (χ1v) is 11.6. The van der Waals surface area contributed by atoms with Crippen molar-refractivity contribution in [2.45, 2.75) is 38.7 Å². The molecule has 0 fully saturated rings. The summed E-state index contributed by atoms with van der Waals surface area (Å²) in [5, 5.41) is 16.5. The van der Waals surface area contributed by atoms with Crippen LogP contribution in [0.1, 0.15) is 41.4 Å². The lowest BCUT2D eigenvalue weighted by atomic mass is 9.87. The van der Waals surface area contributed by atoms with Crippen LogP contribution < -0.4 is 15.1 Å². The Hall–Kier alpha value is -3.06. The van der Waals surface area contributed by atoms with E-state index in [1.165, 1.54) is 18.5 Å². The van der Waals surface area contributed by atoms with E-state index in [0.717, 1.165) is 23.5 Å². The van der Waals surface area contributed by atoms with Gasteiger partial charge in [-0.3, -0.25) is 14.6 Å². The number of hydrogen-bond donors (Lipinski definition) is 2. The number of ketones is 1. The fourth-order valence-electron chi connectivity index (χ4n) is 3.86. The zero-order valence-corrected chi connectivity index (χ0v) is 19.8. The number of carbonyl (C=O) groups is 2. The molecule has 0 aliphatic carbocycles. The second kappa shape index (κ2) is 9.53. The SMILES string of the molecule is CC1C(=O)c2c(CC(=O)Nc3nc(-c4cc(Cl)cc(OC(F)(F)F)c4)cs3)cncc2C(C)[NH+]1[O-]. The van der Waals surface area contributed by atoms with Crippen LogP contribution >= 0.6 is 22.9 Å². The molecule has 3 heterocycles. The van der Waals surface area contributed by atoms with Gasteiger partial charge in [0.05, 0.1) is 12.1 Å². The van der Waals surface area contributed by atoms with Gasteiger partial charge < -0.3 is 20.3 Å². The smallest absolute Gasteiger partial charge is 0.573 e. The molecule has 3 aromatic rings. The number of hydrogen-bond acceptors (Lipinski definition) is 7. The van der Waals surface area contributed by atoms with Gasteiger partial charge in [-0.05, 0) is 37.6 Å². The van der Waals surface area contributed by atoms with Gasteiger partial charge in [-0.2, -0.15) is 0 Å². The van der Waals surface area contributed by atoms with Crippen LogP contribution in [0, 0.1) is 5.21 Å². The maximum atomic E-state index is 12.8. The van der Waals surface area contributed by atoms with E-state index in [4.69, 9.17) is 11.6 Å². The molecular weight excluding hydrogens is 509 g/mol. The van der Waals surface area contributed by atoms with Crippen LogP contribution in [-0.2, 0) is 11.2 Å². The Labute approximate surface area is 206 Å². The third-order valence-electron chi connectivity index (χ3n) is 5.52. The van der Waals surface area contributed by atoms with Crippen LogP contribution in [0.3, 0.4) is 0 Å². The molecule has 184 valence electrons. The van der Waals surface area contributed by atoms with Crippen molar-refractivity contribution in [3.8, 4) is 17.0 Å². The van der Waals surface area contributed by atoms with Crippen molar-refractivity contribution in [3.05, 3.63) is 62.9 Å². The molecule has 1 aliphatic rings. The van der Waals surface area contributed by atoms with Gasteiger partial charge >= 0.3 is 6.36 Å². The van der Waals surface area contributed by atoms with Gasteiger partial charge in [0.2, 0.25) is 11.7 Å². The number of benzene rings is 1. The van der Waals surface area contributed by atoms with Crippen molar-refractivity contribution >= 4 is 39.8 Å². The lowest BCUT2D eigenvalue weighted by Crippen LogP contribution is -3.13. The van der Waals surface area contributed by atoms with Gasteiger partial charge in [0, 0.05) is 39.5 Å². The summed E-state index contributed by atoms with van der Waals surface area (Å²) in [7, 11) is 0. The standard InChI is InChI=1S/C22H18ClF3N4O4S/c1-10-16-8-27-7-13(19(16)20(32)11(2)30(10)33)5-18(31)29-21-28-17(9-35-21)12-3-14(23)6-15(4-12)34-22(24,25)26/h3-4,6-11,30H,5H2,1-2H3,(H,28,29,31). The molecule has 1 amide bonds. The minimum atomic E-state index is -4.88. The van der Waals surface area contributed by atoms with Gasteiger partial charge in [0.25, 0.3) is 0 Å². The number of amides is 1. The summed E-state index contributed by atoms with van der Waals surface area (Å²) in [6.45, 7) is 3.25. The Morgan fingerprint density at radius 2 is 2.00 bits per heavy atom. The van der Waals surface area contributed by atoms with Gasteiger partial charge in [-0.15, -0.1) is 24.5 Å². The highest BCUT2D eigenvalue weighted by Crippen LogP contribution is 2.33. The number of ether oxygens (including phenoxy) is 1. The average molecular weight is 527 g/mol. The molecule has 8 nitrogen and oxygen atoms in total. The number of nitrogens with one attached hydrogen (secondary N) is 2. The number of hydroxylamine groups is 2. The number of pyridine rings is 1. The Kier molecular flexibility index (Phi) is 6.82. The van der Waals surface area contributed by atoms with Crippen LogP contribution in [0.2, 0.25) is 5.02 Å². The van der Waals surface area contributed by atoms with Gasteiger partial charge in [0.15, 0.2) is 5.13 Å². The van der Waals surface area contributed by atoms with E-state index < -0.39 is 30.1 Å². The zero-order valence-electron chi connectivity index (χ0n) is 18.3. The quantitative estimate of drug-likeness (QED) is 0.487. The zero-order chi connectivity index (χ0) is 25.5. The summed E-state index contributed by atoms with van der Waals surface area (Å²) in [6.07, 6.45) is -2.16. The summed E-state index contributed by atoms with van der Waals surface area (Å²) in [4.78, 5) is 33.8. The Morgan fingerprint density at radius 1 is 1.26 bits per heavy atom. The molecule has 4 rings (SSSR count). The van der Waals surface area contributed by atoms with Crippen LogP contribution in [0.25, 0.3) is 11.3 Å². The molecule has 13 heteroatoms. The molecule has 0 spiro atoms. The fraction of sp³-hybridized carbons (Fsp3) is 0.273. The Balaban J connectivity index is 1.51. The highest BCUT2D eigenvalue weighted by atomic mass is 35.5. The largest absolute Gasteiger partial charge is 0.633 e. The minimum Gasteiger partial charge on any atom is -0.633 e. The summed E-state index contributed by atoms with van der Waals surface area (Å²) in [5.74, 6) is -1.31. The number of Topliss-reactive ketones (excluding diaryl/α,β-unsaturated/α-hetero) is 1. The number of alkyl halides is 3. The highest BCUT2D eigenvalue weighted by Gasteiger charge is 2.37. The van der Waals surface area contributed by atoms with E-state index in [9.17, 15) is 28.0 Å². The number of thiazole rings is 1. The summed E-state index contributed by atoms with van der Waals surface area (Å²) < 4.78 is 41.6. The number of aromatic nitrogens is 2. The fourth-order valence-corrected chi connectivity index (χ4v) is 4.82. The van der Waals surface area contributed by atoms with Crippen LogP contribution in [0.5, 0.6) is 5.75 Å². The molecule has 1 aromatic carbocycles. The molecule has 3 unspecified atom stereocenters. The second-order valence-corrected chi connectivity index (χ2v) is 9.25. The minimum absolute atomic E-state index is 0.0216. The maximum Gasteiger partial charge on any atom is 0.573 e. The van der Waals surface area contributed by atoms with E-state index in [0.29, 0.717) is 16.7 Å². The normalized spacial score (nSPS) is 19.9. The van der Waals surface area contributed by atoms with Crippen molar-refractivity contribution in [2.75, 3.05) is 5.32 Å². The number of nitrogens with zero attached hydrogens (tertiary/aromatic N) is 2. The van der Waals surface area contributed by atoms with Gasteiger partial charge in [0.1, 0.15) is 17.8 Å². The predicted octanol–water partition coefficient (Wildman–Crippen LogP) is 3.97. The third kappa shape index (κ3) is 5.45. The Morgan fingerprint density at radius 3 is 2.71 bits per heavy atom. The summed E-state index contributed by atoms with van der Waals surface area (Å²) in [6, 6.07) is 2.28. The maximum absolute atomic E-state index is 12.8. The molecule has 3 atom stereocenters. The van der Waals surface area contributed by atoms with Gasteiger partial charge in [-0.25, -0.2) is 4.98 Å². The van der Waals surface area contributed by atoms with Crippen molar-refractivity contribution in [2.24, 2.45) is 0 Å². The first-order chi connectivity index (χ1) is 16.4. The van der Waals surface area contributed by atoms with Crippen LogP contribution in [0.15, 0.2) is 36.0 Å². The lowest BCUT2D eigenvalue weighted by molar-refractivity contribution is -0.895. The first kappa shape index (κ1) is 25.0. The number of anilines is 1. The van der Waals surface area contributed by atoms with Crippen LogP contribution in [0.4, 0.5) is 18.3 Å². The molecular formula is C22H18ClF3N4O4S. The van der Waals surface area contributed by atoms with Crippen molar-refractivity contribution in [1.29, 1.82) is 0 Å². The molecule has 2 aromatic heterocycles. The van der Waals surface area contributed by atoms with E-state index >= 15 is 0 Å². The molecule has 0 saturated heterocycles. The third-order valence-corrected chi connectivity index (χ3v) is 6.49. The van der Waals surface area contributed by atoms with Crippen molar-refractivity contribution in [1.82, 2.24) is 9.97 Å². The second-order valence-electron chi connectivity index (χ2n) is 7.96. The van der Waals surface area contributed by atoms with Crippen molar-refractivity contribution in [3.63, 3.8) is 0 Å². The van der Waals surface area contributed by atoms with Gasteiger partial charge in [-0.1, -0.05) is 11.6 Å². The van der Waals surface area contributed by atoms with E-state index in [-0.39, 0.29) is 38.7 Å². The number of fused-ring (bicyclic) bond motifs is 1. The molecule has 35 heavy (non-hydrogen) atoms. The summed E-state index contributed by atoms with van der Waals surface area (Å²) in [5.41, 5.74) is 1.79. The number of quaternary nitrogens is 1. The lowest BCUT2D eigenvalue weighted by Gasteiger charge is -2.39.